The van der Waals surface area contributed by atoms with Crippen LogP contribution in [0.25, 0.3) is 11.5 Å². The highest BCUT2D eigenvalue weighted by atomic mass is 16.5. The fourth-order valence-electron chi connectivity index (χ4n) is 2.03. The van der Waals surface area contributed by atoms with E-state index in [0.29, 0.717) is 24.8 Å². The van der Waals surface area contributed by atoms with E-state index in [4.69, 9.17) is 4.52 Å². The summed E-state index contributed by atoms with van der Waals surface area (Å²) in [6.07, 6.45) is 0. The molecule has 0 bridgehead atoms. The maximum absolute atomic E-state index is 11.3. The molecule has 0 radical (unpaired) electrons. The number of carboxylic acids is 1. The van der Waals surface area contributed by atoms with Gasteiger partial charge in [-0.3, -0.25) is 9.69 Å². The van der Waals surface area contributed by atoms with Crippen LogP contribution in [0.1, 0.15) is 26.6 Å². The maximum atomic E-state index is 11.3. The summed E-state index contributed by atoms with van der Waals surface area (Å²) in [6.45, 7) is 6.14. The molecule has 112 valence electrons. The van der Waals surface area contributed by atoms with Crippen molar-refractivity contribution in [1.29, 1.82) is 0 Å². The number of carbonyl (C=O) groups is 1. The van der Waals surface area contributed by atoms with E-state index in [0.717, 1.165) is 5.56 Å². The summed E-state index contributed by atoms with van der Waals surface area (Å²) in [5, 5.41) is 13.2. The van der Waals surface area contributed by atoms with Crippen molar-refractivity contribution < 1.29 is 14.4 Å². The topological polar surface area (TPSA) is 79.5 Å². The molecule has 0 unspecified atom stereocenters. The lowest BCUT2D eigenvalue weighted by Crippen LogP contribution is -2.49. The van der Waals surface area contributed by atoms with Gasteiger partial charge in [-0.25, -0.2) is 0 Å². The van der Waals surface area contributed by atoms with Crippen molar-refractivity contribution in [1.82, 2.24) is 15.0 Å². The molecule has 21 heavy (non-hydrogen) atoms. The smallest absolute Gasteiger partial charge is 0.323 e. The van der Waals surface area contributed by atoms with Crippen LogP contribution in [0.4, 0.5) is 0 Å². The molecule has 6 heteroatoms. The summed E-state index contributed by atoms with van der Waals surface area (Å²) in [7, 11) is 0. The first-order chi connectivity index (χ1) is 9.95. The Kier molecular flexibility index (Phi) is 4.37. The minimum absolute atomic E-state index is 0.326. The number of benzene rings is 1. The van der Waals surface area contributed by atoms with Gasteiger partial charge in [-0.15, -0.1) is 0 Å². The monoisotopic (exact) mass is 289 g/mol. The SMILES string of the molecule is CCN(Cc1noc(-c2ccccc2)n1)C(C)(C)C(=O)O. The average Bonchev–Trinajstić information content (AvgIpc) is 2.94. The van der Waals surface area contributed by atoms with E-state index in [9.17, 15) is 9.90 Å². The zero-order chi connectivity index (χ0) is 15.5. The molecule has 0 saturated carbocycles. The Morgan fingerprint density at radius 1 is 1.33 bits per heavy atom. The van der Waals surface area contributed by atoms with Gasteiger partial charge in [0.05, 0.1) is 6.54 Å². The van der Waals surface area contributed by atoms with Gasteiger partial charge < -0.3 is 9.63 Å². The molecular weight excluding hydrogens is 270 g/mol. The lowest BCUT2D eigenvalue weighted by molar-refractivity contribution is -0.149. The first-order valence-electron chi connectivity index (χ1n) is 6.81. The minimum atomic E-state index is -0.984. The molecular formula is C15H19N3O3. The first-order valence-corrected chi connectivity index (χ1v) is 6.81. The van der Waals surface area contributed by atoms with E-state index in [1.807, 2.05) is 37.3 Å². The molecule has 0 atom stereocenters. The Bertz CT molecular complexity index is 608. The van der Waals surface area contributed by atoms with Gasteiger partial charge in [0.2, 0.25) is 0 Å². The van der Waals surface area contributed by atoms with Crippen LogP contribution in [0.5, 0.6) is 0 Å². The molecule has 2 aromatic rings. The molecule has 2 rings (SSSR count). The number of hydrogen-bond donors (Lipinski definition) is 1. The molecule has 1 aromatic carbocycles. The molecule has 0 spiro atoms. The highest BCUT2D eigenvalue weighted by Gasteiger charge is 2.34. The lowest BCUT2D eigenvalue weighted by Gasteiger charge is -2.32. The highest BCUT2D eigenvalue weighted by molar-refractivity contribution is 5.77. The zero-order valence-corrected chi connectivity index (χ0v) is 12.4. The van der Waals surface area contributed by atoms with Crippen molar-refractivity contribution in [3.8, 4) is 11.5 Å². The van der Waals surface area contributed by atoms with E-state index >= 15 is 0 Å². The van der Waals surface area contributed by atoms with Gasteiger partial charge >= 0.3 is 5.97 Å². The van der Waals surface area contributed by atoms with Crippen LogP contribution in [-0.2, 0) is 11.3 Å². The quantitative estimate of drug-likeness (QED) is 0.879. The number of hydrogen-bond acceptors (Lipinski definition) is 5. The van der Waals surface area contributed by atoms with Crippen LogP contribution < -0.4 is 0 Å². The zero-order valence-electron chi connectivity index (χ0n) is 12.4. The number of likely N-dealkylation sites (N-methyl/N-ethyl adjacent to an activating group) is 1. The van der Waals surface area contributed by atoms with Crippen molar-refractivity contribution >= 4 is 5.97 Å². The van der Waals surface area contributed by atoms with Crippen molar-refractivity contribution in [2.75, 3.05) is 6.54 Å². The second kappa shape index (κ2) is 6.05. The fraction of sp³-hybridized carbons (Fsp3) is 0.400. The maximum Gasteiger partial charge on any atom is 0.323 e. The highest BCUT2D eigenvalue weighted by Crippen LogP contribution is 2.20. The molecule has 1 N–H and O–H groups in total. The molecule has 0 saturated heterocycles. The Labute approximate surface area is 123 Å². The summed E-state index contributed by atoms with van der Waals surface area (Å²) in [5.41, 5.74) is -0.140. The van der Waals surface area contributed by atoms with Crippen LogP contribution in [0.3, 0.4) is 0 Å². The van der Waals surface area contributed by atoms with E-state index in [1.165, 1.54) is 0 Å². The van der Waals surface area contributed by atoms with E-state index in [1.54, 1.807) is 18.7 Å². The van der Waals surface area contributed by atoms with Crippen molar-refractivity contribution in [3.05, 3.63) is 36.2 Å². The average molecular weight is 289 g/mol. The molecule has 0 aliphatic rings. The van der Waals surface area contributed by atoms with Crippen LogP contribution in [0, 0.1) is 0 Å². The molecule has 0 aliphatic carbocycles. The van der Waals surface area contributed by atoms with Crippen LogP contribution >= 0.6 is 0 Å². The predicted octanol–water partition coefficient (Wildman–Crippen LogP) is 2.42. The summed E-state index contributed by atoms with van der Waals surface area (Å²) < 4.78 is 5.23. The number of rotatable bonds is 6. The number of aliphatic carboxylic acids is 1. The molecule has 1 aromatic heterocycles. The first kappa shape index (κ1) is 15.2. The summed E-state index contributed by atoms with van der Waals surface area (Å²) >= 11 is 0. The molecule has 6 nitrogen and oxygen atoms in total. The van der Waals surface area contributed by atoms with Gasteiger partial charge in [-0.1, -0.05) is 30.3 Å². The van der Waals surface area contributed by atoms with Crippen LogP contribution in [-0.4, -0.2) is 38.2 Å². The third-order valence-electron chi connectivity index (χ3n) is 3.52. The Morgan fingerprint density at radius 2 is 2.00 bits per heavy atom. The Hall–Kier alpha value is -2.21. The predicted molar refractivity (Wildman–Crippen MR) is 77.5 cm³/mol. The Morgan fingerprint density at radius 3 is 2.57 bits per heavy atom. The minimum Gasteiger partial charge on any atom is -0.480 e. The van der Waals surface area contributed by atoms with Gasteiger partial charge in [0.25, 0.3) is 5.89 Å². The van der Waals surface area contributed by atoms with Gasteiger partial charge in [0.15, 0.2) is 5.82 Å². The largest absolute Gasteiger partial charge is 0.480 e. The van der Waals surface area contributed by atoms with E-state index in [2.05, 4.69) is 10.1 Å². The molecule has 1 heterocycles. The fourth-order valence-corrected chi connectivity index (χ4v) is 2.03. The Balaban J connectivity index is 2.17. The van der Waals surface area contributed by atoms with Gasteiger partial charge in [-0.2, -0.15) is 4.98 Å². The normalized spacial score (nSPS) is 11.8. The van der Waals surface area contributed by atoms with Crippen molar-refractivity contribution in [2.45, 2.75) is 32.9 Å². The van der Waals surface area contributed by atoms with Crippen LogP contribution in [0.2, 0.25) is 0 Å². The van der Waals surface area contributed by atoms with Crippen LogP contribution in [0.15, 0.2) is 34.9 Å². The van der Waals surface area contributed by atoms with Crippen molar-refractivity contribution in [3.63, 3.8) is 0 Å². The summed E-state index contributed by atoms with van der Waals surface area (Å²) in [5.74, 6) is 0.0379. The standard InChI is InChI=1S/C15H19N3O3/c1-4-18(15(2,3)14(19)20)10-12-16-13(21-17-12)11-8-6-5-7-9-11/h5-9H,4,10H2,1-3H3,(H,19,20). The molecule has 0 aliphatic heterocycles. The number of nitrogens with zero attached hydrogens (tertiary/aromatic N) is 3. The van der Waals surface area contributed by atoms with Gasteiger partial charge in [0, 0.05) is 5.56 Å². The van der Waals surface area contributed by atoms with Gasteiger partial charge in [0.1, 0.15) is 5.54 Å². The third-order valence-corrected chi connectivity index (χ3v) is 3.52. The lowest BCUT2D eigenvalue weighted by atomic mass is 10.0. The number of carboxylic acid groups (broad SMARTS) is 1. The van der Waals surface area contributed by atoms with Crippen molar-refractivity contribution in [2.24, 2.45) is 0 Å². The second-order valence-electron chi connectivity index (χ2n) is 5.26. The summed E-state index contributed by atoms with van der Waals surface area (Å²) in [4.78, 5) is 17.4. The molecule has 0 amide bonds. The third kappa shape index (κ3) is 3.28. The van der Waals surface area contributed by atoms with E-state index < -0.39 is 11.5 Å². The molecule has 0 fully saturated rings. The van der Waals surface area contributed by atoms with Gasteiger partial charge in [-0.05, 0) is 32.5 Å². The van der Waals surface area contributed by atoms with E-state index in [-0.39, 0.29) is 0 Å². The second-order valence-corrected chi connectivity index (χ2v) is 5.26. The summed E-state index contributed by atoms with van der Waals surface area (Å²) in [6, 6.07) is 9.47. The number of aromatic nitrogens is 2.